The zero-order valence-electron chi connectivity index (χ0n) is 11.8. The highest BCUT2D eigenvalue weighted by atomic mass is 15.1. The van der Waals surface area contributed by atoms with Gasteiger partial charge in [0, 0.05) is 42.8 Å². The van der Waals surface area contributed by atoms with Crippen molar-refractivity contribution < 1.29 is 0 Å². The van der Waals surface area contributed by atoms with Crippen LogP contribution in [0.15, 0.2) is 30.6 Å². The van der Waals surface area contributed by atoms with Gasteiger partial charge in [-0.1, -0.05) is 0 Å². The summed E-state index contributed by atoms with van der Waals surface area (Å²) in [4.78, 5) is 6.44. The number of benzene rings is 1. The molecule has 1 aromatic heterocycles. The molecular weight excluding hydrogens is 246 g/mol. The molecule has 3 nitrogen and oxygen atoms in total. The largest absolute Gasteiger partial charge is 0.374 e. The molecular formula is C17H17N3. The van der Waals surface area contributed by atoms with Crippen molar-refractivity contribution >= 4 is 5.69 Å². The van der Waals surface area contributed by atoms with E-state index >= 15 is 0 Å². The average Bonchev–Trinajstić information content (AvgIpc) is 2.47. The first-order valence-electron chi connectivity index (χ1n) is 6.90. The molecule has 0 saturated carbocycles. The van der Waals surface area contributed by atoms with E-state index in [-0.39, 0.29) is 0 Å². The minimum absolute atomic E-state index is 0.730. The van der Waals surface area contributed by atoms with E-state index in [0.717, 1.165) is 35.2 Å². The number of nitrogens with zero attached hydrogens (tertiary/aromatic N) is 3. The smallest absolute Gasteiger partial charge is 0.0998 e. The normalized spacial score (nSPS) is 13.8. The van der Waals surface area contributed by atoms with Gasteiger partial charge in [0.1, 0.15) is 0 Å². The van der Waals surface area contributed by atoms with Gasteiger partial charge in [0.15, 0.2) is 0 Å². The molecule has 0 spiro atoms. The second-order valence-corrected chi connectivity index (χ2v) is 5.35. The molecule has 0 saturated heterocycles. The van der Waals surface area contributed by atoms with E-state index in [1.165, 1.54) is 17.7 Å². The molecule has 3 heteroatoms. The van der Waals surface area contributed by atoms with Gasteiger partial charge in [0.05, 0.1) is 11.6 Å². The Morgan fingerprint density at radius 1 is 1.30 bits per heavy atom. The molecule has 2 heterocycles. The maximum Gasteiger partial charge on any atom is 0.0998 e. The zero-order chi connectivity index (χ0) is 14.1. The van der Waals surface area contributed by atoms with Crippen molar-refractivity contribution in [1.29, 1.82) is 5.26 Å². The third-order valence-electron chi connectivity index (χ3n) is 4.02. The van der Waals surface area contributed by atoms with Crippen LogP contribution in [0.5, 0.6) is 0 Å². The molecule has 1 aliphatic heterocycles. The predicted octanol–water partition coefficient (Wildman–Crippen LogP) is 3.31. The van der Waals surface area contributed by atoms with E-state index in [0.29, 0.717) is 0 Å². The SMILES string of the molecule is Cc1ccncc1-c1cc2c(cc1C#N)N(C)CCC2. The Balaban J connectivity index is 2.22. The summed E-state index contributed by atoms with van der Waals surface area (Å²) in [6, 6.07) is 8.52. The van der Waals surface area contributed by atoms with Crippen LogP contribution in [0.4, 0.5) is 5.69 Å². The molecule has 0 N–H and O–H groups in total. The van der Waals surface area contributed by atoms with Gasteiger partial charge >= 0.3 is 0 Å². The number of anilines is 1. The molecule has 0 bridgehead atoms. The lowest BCUT2D eigenvalue weighted by atomic mass is 9.92. The summed E-state index contributed by atoms with van der Waals surface area (Å²) in [5.74, 6) is 0. The quantitative estimate of drug-likeness (QED) is 0.792. The lowest BCUT2D eigenvalue weighted by Crippen LogP contribution is -2.24. The molecule has 100 valence electrons. The highest BCUT2D eigenvalue weighted by Crippen LogP contribution is 2.34. The van der Waals surface area contributed by atoms with Crippen LogP contribution >= 0.6 is 0 Å². The number of aryl methyl sites for hydroxylation is 2. The standard InChI is InChI=1S/C17H17N3/c1-12-5-6-19-11-16(12)15-8-13-4-3-7-20(2)17(13)9-14(15)10-18/h5-6,8-9,11H,3-4,7H2,1-2H3. The van der Waals surface area contributed by atoms with Crippen LogP contribution in [0, 0.1) is 18.3 Å². The Morgan fingerprint density at radius 2 is 2.15 bits per heavy atom. The van der Waals surface area contributed by atoms with Crippen LogP contribution in [-0.2, 0) is 6.42 Å². The van der Waals surface area contributed by atoms with Crippen molar-refractivity contribution in [3.05, 3.63) is 47.3 Å². The maximum absolute atomic E-state index is 9.47. The van der Waals surface area contributed by atoms with Crippen molar-refractivity contribution in [3.63, 3.8) is 0 Å². The first-order chi connectivity index (χ1) is 9.70. The summed E-state index contributed by atoms with van der Waals surface area (Å²) < 4.78 is 0. The Hall–Kier alpha value is -2.34. The molecule has 3 rings (SSSR count). The van der Waals surface area contributed by atoms with Crippen molar-refractivity contribution in [3.8, 4) is 17.2 Å². The van der Waals surface area contributed by atoms with Gasteiger partial charge < -0.3 is 4.90 Å². The summed E-state index contributed by atoms with van der Waals surface area (Å²) in [6.45, 7) is 3.12. The fourth-order valence-electron chi connectivity index (χ4n) is 2.88. The Morgan fingerprint density at radius 3 is 2.90 bits per heavy atom. The number of aromatic nitrogens is 1. The molecule has 1 aliphatic rings. The highest BCUT2D eigenvalue weighted by Gasteiger charge is 2.18. The number of nitriles is 1. The molecule has 2 aromatic rings. The van der Waals surface area contributed by atoms with Crippen molar-refractivity contribution in [1.82, 2.24) is 4.98 Å². The topological polar surface area (TPSA) is 39.9 Å². The minimum Gasteiger partial charge on any atom is -0.374 e. The molecule has 0 aliphatic carbocycles. The number of pyridine rings is 1. The summed E-state index contributed by atoms with van der Waals surface area (Å²) in [5.41, 5.74) is 6.47. The van der Waals surface area contributed by atoms with Crippen LogP contribution in [0.2, 0.25) is 0 Å². The maximum atomic E-state index is 9.47. The van der Waals surface area contributed by atoms with E-state index < -0.39 is 0 Å². The lowest BCUT2D eigenvalue weighted by molar-refractivity contribution is 0.744. The van der Waals surface area contributed by atoms with Gasteiger partial charge in [-0.05, 0) is 49.1 Å². The van der Waals surface area contributed by atoms with Gasteiger partial charge in [-0.2, -0.15) is 5.26 Å². The monoisotopic (exact) mass is 263 g/mol. The third kappa shape index (κ3) is 2.04. The van der Waals surface area contributed by atoms with Crippen LogP contribution < -0.4 is 4.90 Å². The molecule has 0 radical (unpaired) electrons. The van der Waals surface area contributed by atoms with E-state index in [1.54, 1.807) is 6.20 Å². The Bertz CT molecular complexity index is 698. The Kier molecular flexibility index (Phi) is 3.15. The van der Waals surface area contributed by atoms with E-state index in [2.05, 4.69) is 36.0 Å². The second-order valence-electron chi connectivity index (χ2n) is 5.35. The van der Waals surface area contributed by atoms with Crippen molar-refractivity contribution in [2.45, 2.75) is 19.8 Å². The fourth-order valence-corrected chi connectivity index (χ4v) is 2.88. The lowest BCUT2D eigenvalue weighted by Gasteiger charge is -2.28. The first kappa shape index (κ1) is 12.7. The molecule has 20 heavy (non-hydrogen) atoms. The molecule has 1 aromatic carbocycles. The summed E-state index contributed by atoms with van der Waals surface area (Å²) in [6.07, 6.45) is 5.89. The van der Waals surface area contributed by atoms with Crippen molar-refractivity contribution in [2.24, 2.45) is 0 Å². The minimum atomic E-state index is 0.730. The summed E-state index contributed by atoms with van der Waals surface area (Å²) in [7, 11) is 2.09. The van der Waals surface area contributed by atoms with Gasteiger partial charge in [-0.15, -0.1) is 0 Å². The highest BCUT2D eigenvalue weighted by molar-refractivity contribution is 5.77. The van der Waals surface area contributed by atoms with E-state index in [1.807, 2.05) is 18.3 Å². The molecule has 0 atom stereocenters. The zero-order valence-corrected chi connectivity index (χ0v) is 11.8. The third-order valence-corrected chi connectivity index (χ3v) is 4.02. The number of fused-ring (bicyclic) bond motifs is 1. The van der Waals surface area contributed by atoms with E-state index in [9.17, 15) is 5.26 Å². The average molecular weight is 263 g/mol. The predicted molar refractivity (Wildman–Crippen MR) is 80.7 cm³/mol. The molecule has 0 fully saturated rings. The van der Waals surface area contributed by atoms with E-state index in [4.69, 9.17) is 0 Å². The van der Waals surface area contributed by atoms with Crippen LogP contribution in [-0.4, -0.2) is 18.6 Å². The van der Waals surface area contributed by atoms with Crippen LogP contribution in [0.1, 0.15) is 23.1 Å². The number of hydrogen-bond acceptors (Lipinski definition) is 3. The first-order valence-corrected chi connectivity index (χ1v) is 6.90. The van der Waals surface area contributed by atoms with Gasteiger partial charge in [0.25, 0.3) is 0 Å². The fraction of sp³-hybridized carbons (Fsp3) is 0.294. The van der Waals surface area contributed by atoms with Gasteiger partial charge in [-0.3, -0.25) is 4.98 Å². The van der Waals surface area contributed by atoms with Gasteiger partial charge in [0.2, 0.25) is 0 Å². The molecule has 0 unspecified atom stereocenters. The summed E-state index contributed by atoms with van der Waals surface area (Å²) in [5, 5.41) is 9.47. The second kappa shape index (κ2) is 4.97. The Labute approximate surface area is 119 Å². The van der Waals surface area contributed by atoms with Crippen LogP contribution in [0.25, 0.3) is 11.1 Å². The van der Waals surface area contributed by atoms with Gasteiger partial charge in [-0.25, -0.2) is 0 Å². The summed E-state index contributed by atoms with van der Waals surface area (Å²) >= 11 is 0. The number of hydrogen-bond donors (Lipinski definition) is 0. The number of rotatable bonds is 1. The van der Waals surface area contributed by atoms with Crippen molar-refractivity contribution in [2.75, 3.05) is 18.5 Å². The van der Waals surface area contributed by atoms with Crippen LogP contribution in [0.3, 0.4) is 0 Å². The molecule has 0 amide bonds.